The van der Waals surface area contributed by atoms with Gasteiger partial charge in [0.1, 0.15) is 11.2 Å². The Balaban J connectivity index is 1.20. The molecule has 0 radical (unpaired) electrons. The third-order valence-corrected chi connectivity index (χ3v) is 18.6. The van der Waals surface area contributed by atoms with Gasteiger partial charge >= 0.3 is 6.85 Å². The lowest BCUT2D eigenvalue weighted by Crippen LogP contribution is -2.62. The van der Waals surface area contributed by atoms with Gasteiger partial charge in [-0.1, -0.05) is 144 Å². The second-order valence-corrected chi connectivity index (χ2v) is 25.7. The molecule has 3 nitrogen and oxygen atoms in total. The molecule has 8 aromatic rings. The first kappa shape index (κ1) is 42.4. The molecule has 0 fully saturated rings. The molecule has 0 saturated heterocycles. The lowest BCUT2D eigenvalue weighted by atomic mass is 9.42. The molecule has 3 aliphatic carbocycles. The van der Waals surface area contributed by atoms with E-state index in [2.05, 4.69) is 208 Å². The van der Waals surface area contributed by atoms with Crippen molar-refractivity contribution in [2.75, 3.05) is 9.71 Å². The number of para-hydroxylation sites is 1. The largest absolute Gasteiger partial charge is 0.456 e. The normalized spacial score (nSPS) is 20.6. The highest BCUT2D eigenvalue weighted by Gasteiger charge is 2.50. The highest BCUT2D eigenvalue weighted by molar-refractivity contribution is 6.94. The average molecular weight is 891 g/mol. The molecule has 0 bridgehead atoms. The molecule has 0 saturated carbocycles. The number of furan rings is 1. The number of nitrogens with zero attached hydrogens (tertiary/aromatic N) is 2. The number of hydrogen-bond acceptors (Lipinski definition) is 3. The van der Waals surface area contributed by atoms with E-state index in [-0.39, 0.29) is 39.3 Å². The van der Waals surface area contributed by atoms with E-state index in [0.717, 1.165) is 29.4 Å². The van der Waals surface area contributed by atoms with Crippen molar-refractivity contribution < 1.29 is 4.42 Å². The number of benzene rings is 7. The fraction of sp³-hybridized carbons (Fsp3) is 0.375. The molecule has 2 aliphatic heterocycles. The lowest BCUT2D eigenvalue weighted by Gasteiger charge is -2.49. The zero-order chi connectivity index (χ0) is 47.2. The van der Waals surface area contributed by atoms with E-state index in [1.165, 1.54) is 126 Å². The third kappa shape index (κ3) is 5.79. The fourth-order valence-corrected chi connectivity index (χ4v) is 14.0. The van der Waals surface area contributed by atoms with E-state index in [4.69, 9.17) is 4.42 Å². The first-order valence-electron chi connectivity index (χ1n) is 25.8. The van der Waals surface area contributed by atoms with Crippen LogP contribution in [0.5, 0.6) is 0 Å². The fourth-order valence-electron chi connectivity index (χ4n) is 14.0. The van der Waals surface area contributed by atoms with Crippen molar-refractivity contribution >= 4 is 78.9 Å². The van der Waals surface area contributed by atoms with Crippen LogP contribution in [0.4, 0.5) is 28.4 Å². The van der Waals surface area contributed by atoms with Crippen LogP contribution in [0, 0.1) is 0 Å². The second-order valence-electron chi connectivity index (χ2n) is 25.7. The summed E-state index contributed by atoms with van der Waals surface area (Å²) in [5.74, 6) is 0. The number of fused-ring (bicyclic) bond motifs is 12. The summed E-state index contributed by atoms with van der Waals surface area (Å²) >= 11 is 0. The van der Waals surface area contributed by atoms with Crippen molar-refractivity contribution in [1.82, 2.24) is 0 Å². The summed E-state index contributed by atoms with van der Waals surface area (Å²) in [5, 5.41) is 4.89. The molecule has 0 atom stereocenters. The molecule has 1 aromatic heterocycles. The first-order chi connectivity index (χ1) is 32.2. The highest BCUT2D eigenvalue weighted by Crippen LogP contribution is 2.56. The zero-order valence-corrected chi connectivity index (χ0v) is 42.6. The molecule has 0 amide bonds. The summed E-state index contributed by atoms with van der Waals surface area (Å²) in [5.41, 5.74) is 22.9. The molecule has 68 heavy (non-hydrogen) atoms. The van der Waals surface area contributed by atoms with Crippen LogP contribution in [0.1, 0.15) is 155 Å². The van der Waals surface area contributed by atoms with Crippen molar-refractivity contribution in [1.29, 1.82) is 0 Å². The topological polar surface area (TPSA) is 19.6 Å². The maximum atomic E-state index is 6.85. The molecule has 0 spiro atoms. The summed E-state index contributed by atoms with van der Waals surface area (Å²) in [6.07, 6.45) is 7.05. The van der Waals surface area contributed by atoms with Gasteiger partial charge in [-0.25, -0.2) is 0 Å². The molecular weight excluding hydrogens is 824 g/mol. The van der Waals surface area contributed by atoms with Crippen LogP contribution >= 0.6 is 0 Å². The van der Waals surface area contributed by atoms with Crippen LogP contribution in [0.15, 0.2) is 120 Å². The minimum atomic E-state index is -0.109. The van der Waals surface area contributed by atoms with Crippen molar-refractivity contribution in [3.05, 3.63) is 149 Å². The average Bonchev–Trinajstić information content (AvgIpc) is 3.67. The van der Waals surface area contributed by atoms with Crippen molar-refractivity contribution in [3.8, 4) is 11.1 Å². The summed E-state index contributed by atoms with van der Waals surface area (Å²) in [6, 6.07) is 45.7. The minimum absolute atomic E-state index is 0.0257. The van der Waals surface area contributed by atoms with E-state index >= 15 is 0 Å². The molecule has 5 aliphatic rings. The zero-order valence-electron chi connectivity index (χ0n) is 42.6. The molecular formula is C64H67BN2O. The predicted molar refractivity (Wildman–Crippen MR) is 291 cm³/mol. The number of anilines is 5. The summed E-state index contributed by atoms with van der Waals surface area (Å²) in [7, 11) is 0. The predicted octanol–water partition coefficient (Wildman–Crippen LogP) is 16.5. The van der Waals surface area contributed by atoms with Gasteiger partial charge in [-0.2, -0.15) is 0 Å². The SMILES string of the molecule is CC1(C)CCC(C)(C)c2cc(N3B4c5cc6c(cc5N(c5ccc7c(c5)C(C)(C)CCC7(C)C)c5cc7ccccc7c(c54)-c4cc5c(cc43)oc3ccccc35)C(C)(C)CCC6(C)C)ccc21. The Labute approximate surface area is 405 Å². The van der Waals surface area contributed by atoms with E-state index in [0.29, 0.717) is 0 Å². The summed E-state index contributed by atoms with van der Waals surface area (Å²) in [6.45, 7) is 29.5. The van der Waals surface area contributed by atoms with Crippen molar-refractivity contribution in [3.63, 3.8) is 0 Å². The Kier molecular flexibility index (Phi) is 8.43. The Hall–Kier alpha value is -5.74. The van der Waals surface area contributed by atoms with Crippen LogP contribution in [-0.2, 0) is 32.5 Å². The van der Waals surface area contributed by atoms with Gasteiger partial charge in [0.05, 0.1) is 0 Å². The van der Waals surface area contributed by atoms with E-state index in [9.17, 15) is 0 Å². The van der Waals surface area contributed by atoms with Gasteiger partial charge in [0.15, 0.2) is 0 Å². The maximum absolute atomic E-state index is 6.85. The number of rotatable bonds is 2. The third-order valence-electron chi connectivity index (χ3n) is 18.6. The number of hydrogen-bond donors (Lipinski definition) is 0. The van der Waals surface area contributed by atoms with E-state index < -0.39 is 0 Å². The Morgan fingerprint density at radius 2 is 0.926 bits per heavy atom. The van der Waals surface area contributed by atoms with Gasteiger partial charge in [0, 0.05) is 50.8 Å². The molecule has 0 unspecified atom stereocenters. The molecule has 3 heterocycles. The van der Waals surface area contributed by atoms with Gasteiger partial charge in [-0.3, -0.25) is 0 Å². The van der Waals surface area contributed by atoms with Crippen LogP contribution in [0.3, 0.4) is 0 Å². The van der Waals surface area contributed by atoms with E-state index in [1.54, 1.807) is 0 Å². The second kappa shape index (κ2) is 13.5. The molecule has 0 N–H and O–H groups in total. The van der Waals surface area contributed by atoms with Gasteiger partial charge in [0.2, 0.25) is 0 Å². The standard InChI is InChI=1S/C64H67BN2O/c1-59(2)25-27-61(5,6)47-32-39(21-23-45(47)59)66-53-36-50-49(63(9,10)29-30-64(50,11)12)35-51(53)65-58-54(66)31-38-17-13-14-18-41(38)57(58)44-34-43-42-19-15-16-20-55(42)68-56(43)37-52(44)67(65)40-22-24-46-48(33-40)62(7,8)28-26-60(46,3)4/h13-24,31-37H,25-30H2,1-12H3. The van der Waals surface area contributed by atoms with Crippen LogP contribution in [0.2, 0.25) is 0 Å². The van der Waals surface area contributed by atoms with Crippen LogP contribution in [0.25, 0.3) is 43.8 Å². The van der Waals surface area contributed by atoms with Gasteiger partial charge in [-0.05, 0) is 180 Å². The highest BCUT2D eigenvalue weighted by atomic mass is 16.3. The Morgan fingerprint density at radius 3 is 1.56 bits per heavy atom. The molecule has 342 valence electrons. The minimum Gasteiger partial charge on any atom is -0.456 e. The van der Waals surface area contributed by atoms with Crippen LogP contribution in [-0.4, -0.2) is 6.85 Å². The molecule has 7 aromatic carbocycles. The summed E-state index contributed by atoms with van der Waals surface area (Å²) in [4.78, 5) is 5.46. The molecule has 4 heteroatoms. The maximum Gasteiger partial charge on any atom is 0.333 e. The van der Waals surface area contributed by atoms with Crippen molar-refractivity contribution in [2.24, 2.45) is 0 Å². The Morgan fingerprint density at radius 1 is 0.412 bits per heavy atom. The summed E-state index contributed by atoms with van der Waals surface area (Å²) < 4.78 is 6.85. The Bertz CT molecular complexity index is 3500. The van der Waals surface area contributed by atoms with E-state index in [1.807, 2.05) is 0 Å². The lowest BCUT2D eigenvalue weighted by molar-refractivity contribution is 0.332. The van der Waals surface area contributed by atoms with Gasteiger partial charge in [-0.15, -0.1) is 0 Å². The first-order valence-corrected chi connectivity index (χ1v) is 25.8. The van der Waals surface area contributed by atoms with Gasteiger partial charge < -0.3 is 14.1 Å². The molecule has 13 rings (SSSR count). The van der Waals surface area contributed by atoms with Gasteiger partial charge in [0.25, 0.3) is 0 Å². The smallest absolute Gasteiger partial charge is 0.333 e. The van der Waals surface area contributed by atoms with Crippen molar-refractivity contribution in [2.45, 2.75) is 154 Å². The quantitative estimate of drug-likeness (QED) is 0.161. The monoisotopic (exact) mass is 891 g/mol. The van der Waals surface area contributed by atoms with Crippen LogP contribution < -0.4 is 20.6 Å².